The summed E-state index contributed by atoms with van der Waals surface area (Å²) >= 11 is 3.44. The largest absolute Gasteiger partial charge is 0.480 e. The molecule has 1 saturated heterocycles. The van der Waals surface area contributed by atoms with E-state index in [-0.39, 0.29) is 6.04 Å². The molecule has 1 atom stereocenters. The van der Waals surface area contributed by atoms with Crippen molar-refractivity contribution in [1.29, 1.82) is 0 Å². The fourth-order valence-electron chi connectivity index (χ4n) is 2.51. The maximum atomic E-state index is 10.9. The van der Waals surface area contributed by atoms with Crippen LogP contribution in [0.1, 0.15) is 31.2 Å². The predicted octanol–water partition coefficient (Wildman–Crippen LogP) is 3.10. The molecule has 1 aliphatic heterocycles. The SMILES string of the molecule is CC(C(=O)O)N1CCC(c2ccc(Br)cc2)CC1. The van der Waals surface area contributed by atoms with E-state index in [9.17, 15) is 4.79 Å². The molecule has 1 aromatic rings. The molecule has 3 nitrogen and oxygen atoms in total. The first-order valence-electron chi connectivity index (χ1n) is 6.30. The highest BCUT2D eigenvalue weighted by atomic mass is 79.9. The molecule has 0 saturated carbocycles. The van der Waals surface area contributed by atoms with E-state index in [4.69, 9.17) is 5.11 Å². The van der Waals surface area contributed by atoms with Gasteiger partial charge in [-0.2, -0.15) is 0 Å². The summed E-state index contributed by atoms with van der Waals surface area (Å²) in [6, 6.07) is 8.09. The summed E-state index contributed by atoms with van der Waals surface area (Å²) in [5, 5.41) is 9.00. The van der Waals surface area contributed by atoms with Crippen molar-refractivity contribution in [2.24, 2.45) is 0 Å². The molecule has 1 heterocycles. The summed E-state index contributed by atoms with van der Waals surface area (Å²) < 4.78 is 1.10. The third-order valence-electron chi connectivity index (χ3n) is 3.78. The number of likely N-dealkylation sites (tertiary alicyclic amines) is 1. The van der Waals surface area contributed by atoms with E-state index < -0.39 is 5.97 Å². The van der Waals surface area contributed by atoms with Gasteiger partial charge in [-0.1, -0.05) is 28.1 Å². The number of piperidine rings is 1. The van der Waals surface area contributed by atoms with Crippen LogP contribution in [0.15, 0.2) is 28.7 Å². The lowest BCUT2D eigenvalue weighted by molar-refractivity contribution is -0.143. The maximum Gasteiger partial charge on any atom is 0.320 e. The molecule has 98 valence electrons. The van der Waals surface area contributed by atoms with Crippen molar-refractivity contribution < 1.29 is 9.90 Å². The molecule has 1 aromatic carbocycles. The normalized spacial score (nSPS) is 19.7. The third kappa shape index (κ3) is 3.12. The number of hydrogen-bond donors (Lipinski definition) is 1. The quantitative estimate of drug-likeness (QED) is 0.932. The maximum absolute atomic E-state index is 10.9. The highest BCUT2D eigenvalue weighted by Crippen LogP contribution is 2.29. The molecule has 1 fully saturated rings. The van der Waals surface area contributed by atoms with E-state index in [1.54, 1.807) is 6.92 Å². The summed E-state index contributed by atoms with van der Waals surface area (Å²) in [6.07, 6.45) is 2.08. The van der Waals surface area contributed by atoms with Crippen molar-refractivity contribution in [1.82, 2.24) is 4.90 Å². The van der Waals surface area contributed by atoms with Crippen LogP contribution >= 0.6 is 15.9 Å². The first-order valence-corrected chi connectivity index (χ1v) is 7.09. The molecular formula is C14H18BrNO2. The van der Waals surface area contributed by atoms with Gasteiger partial charge in [-0.25, -0.2) is 0 Å². The molecule has 0 aliphatic carbocycles. The van der Waals surface area contributed by atoms with E-state index in [0.717, 1.165) is 30.4 Å². The van der Waals surface area contributed by atoms with Crippen LogP contribution in [-0.4, -0.2) is 35.1 Å². The van der Waals surface area contributed by atoms with E-state index in [2.05, 4.69) is 45.1 Å². The first kappa shape index (κ1) is 13.6. The standard InChI is InChI=1S/C14H18BrNO2/c1-10(14(17)18)16-8-6-12(7-9-16)11-2-4-13(15)5-3-11/h2-5,10,12H,6-9H2,1H3,(H,17,18). The monoisotopic (exact) mass is 311 g/mol. The van der Waals surface area contributed by atoms with Gasteiger partial charge in [-0.15, -0.1) is 0 Å². The molecule has 0 bridgehead atoms. The number of carboxylic acids is 1. The Labute approximate surface area is 116 Å². The van der Waals surface area contributed by atoms with Crippen LogP contribution < -0.4 is 0 Å². The van der Waals surface area contributed by atoms with Crippen LogP contribution in [-0.2, 0) is 4.79 Å². The van der Waals surface area contributed by atoms with Gasteiger partial charge in [-0.3, -0.25) is 9.69 Å². The minimum Gasteiger partial charge on any atom is -0.480 e. The minimum atomic E-state index is -0.725. The third-order valence-corrected chi connectivity index (χ3v) is 4.30. The van der Waals surface area contributed by atoms with E-state index in [0.29, 0.717) is 5.92 Å². The molecule has 1 unspecified atom stereocenters. The van der Waals surface area contributed by atoms with E-state index in [1.165, 1.54) is 5.56 Å². The number of halogens is 1. The molecular weight excluding hydrogens is 294 g/mol. The van der Waals surface area contributed by atoms with Crippen LogP contribution in [0.3, 0.4) is 0 Å². The highest BCUT2D eigenvalue weighted by molar-refractivity contribution is 9.10. The highest BCUT2D eigenvalue weighted by Gasteiger charge is 2.26. The van der Waals surface area contributed by atoms with Crippen molar-refractivity contribution in [2.45, 2.75) is 31.7 Å². The number of nitrogens with zero attached hydrogens (tertiary/aromatic N) is 1. The Morgan fingerprint density at radius 1 is 1.33 bits per heavy atom. The molecule has 18 heavy (non-hydrogen) atoms. The lowest BCUT2D eigenvalue weighted by Crippen LogP contribution is -2.43. The lowest BCUT2D eigenvalue weighted by atomic mass is 9.89. The number of carboxylic acid groups (broad SMARTS) is 1. The van der Waals surface area contributed by atoms with Gasteiger partial charge in [-0.05, 0) is 56.5 Å². The second-order valence-electron chi connectivity index (χ2n) is 4.88. The molecule has 1 N–H and O–H groups in total. The van der Waals surface area contributed by atoms with Crippen molar-refractivity contribution in [3.63, 3.8) is 0 Å². The Hall–Kier alpha value is -0.870. The fraction of sp³-hybridized carbons (Fsp3) is 0.500. The number of hydrogen-bond acceptors (Lipinski definition) is 2. The fourth-order valence-corrected chi connectivity index (χ4v) is 2.78. The van der Waals surface area contributed by atoms with E-state index >= 15 is 0 Å². The molecule has 0 aromatic heterocycles. The van der Waals surface area contributed by atoms with E-state index in [1.807, 2.05) is 0 Å². The van der Waals surface area contributed by atoms with Gasteiger partial charge < -0.3 is 5.11 Å². The average Bonchev–Trinajstić information content (AvgIpc) is 2.39. The summed E-state index contributed by atoms with van der Waals surface area (Å²) in [4.78, 5) is 13.0. The number of rotatable bonds is 3. The van der Waals surface area contributed by atoms with Crippen LogP contribution in [0.2, 0.25) is 0 Å². The zero-order chi connectivity index (χ0) is 13.1. The van der Waals surface area contributed by atoms with Gasteiger partial charge >= 0.3 is 5.97 Å². The Balaban J connectivity index is 1.94. The van der Waals surface area contributed by atoms with Crippen LogP contribution in [0.25, 0.3) is 0 Å². The van der Waals surface area contributed by atoms with Gasteiger partial charge in [0, 0.05) is 4.47 Å². The Kier molecular flexibility index (Phi) is 4.40. The zero-order valence-electron chi connectivity index (χ0n) is 10.5. The Morgan fingerprint density at radius 3 is 2.39 bits per heavy atom. The lowest BCUT2D eigenvalue weighted by Gasteiger charge is -2.34. The zero-order valence-corrected chi connectivity index (χ0v) is 12.1. The van der Waals surface area contributed by atoms with Crippen LogP contribution in [0.5, 0.6) is 0 Å². The number of carbonyl (C=O) groups is 1. The van der Waals surface area contributed by atoms with Gasteiger partial charge in [0.05, 0.1) is 0 Å². The Morgan fingerprint density at radius 2 is 1.89 bits per heavy atom. The summed E-state index contributed by atoms with van der Waals surface area (Å²) in [6.45, 7) is 3.50. The van der Waals surface area contributed by atoms with Crippen LogP contribution in [0, 0.1) is 0 Å². The summed E-state index contributed by atoms with van der Waals surface area (Å²) in [5.74, 6) is -0.160. The number of aliphatic carboxylic acids is 1. The molecule has 0 radical (unpaired) electrons. The first-order chi connectivity index (χ1) is 8.58. The Bertz CT molecular complexity index is 410. The molecule has 0 amide bonds. The van der Waals surface area contributed by atoms with Gasteiger partial charge in [0.15, 0.2) is 0 Å². The van der Waals surface area contributed by atoms with Gasteiger partial charge in [0.2, 0.25) is 0 Å². The topological polar surface area (TPSA) is 40.5 Å². The van der Waals surface area contributed by atoms with Gasteiger partial charge in [0.25, 0.3) is 0 Å². The van der Waals surface area contributed by atoms with Crippen LogP contribution in [0.4, 0.5) is 0 Å². The number of benzene rings is 1. The molecule has 1 aliphatic rings. The molecule has 2 rings (SSSR count). The van der Waals surface area contributed by atoms with Crippen molar-refractivity contribution >= 4 is 21.9 Å². The second kappa shape index (κ2) is 5.85. The van der Waals surface area contributed by atoms with Crippen molar-refractivity contribution in [3.05, 3.63) is 34.3 Å². The summed E-state index contributed by atoms with van der Waals surface area (Å²) in [7, 11) is 0. The minimum absolute atomic E-state index is 0.365. The summed E-state index contributed by atoms with van der Waals surface area (Å²) in [5.41, 5.74) is 1.36. The smallest absolute Gasteiger partial charge is 0.320 e. The molecule has 0 spiro atoms. The van der Waals surface area contributed by atoms with Crippen molar-refractivity contribution in [3.8, 4) is 0 Å². The van der Waals surface area contributed by atoms with Crippen molar-refractivity contribution in [2.75, 3.05) is 13.1 Å². The average molecular weight is 312 g/mol. The van der Waals surface area contributed by atoms with Gasteiger partial charge in [0.1, 0.15) is 6.04 Å². The molecule has 4 heteroatoms. The predicted molar refractivity (Wildman–Crippen MR) is 74.8 cm³/mol. The second-order valence-corrected chi connectivity index (χ2v) is 5.79.